The van der Waals surface area contributed by atoms with E-state index < -0.39 is 18.4 Å². The molecule has 1 aliphatic heterocycles. The molecule has 0 aromatic heterocycles. The molecule has 30 heavy (non-hydrogen) atoms. The van der Waals surface area contributed by atoms with Crippen LogP contribution in [0, 0.1) is 0 Å². The number of amides is 1. The molecule has 1 aliphatic rings. The molecule has 2 nitrogen and oxygen atoms in total. The van der Waals surface area contributed by atoms with Crippen LogP contribution in [0.15, 0.2) is 35.9 Å². The van der Waals surface area contributed by atoms with Gasteiger partial charge in [0.25, 0.3) is 0 Å². The van der Waals surface area contributed by atoms with E-state index in [1.807, 2.05) is 0 Å². The molecule has 3 heteroatoms. The summed E-state index contributed by atoms with van der Waals surface area (Å²) in [6.07, 6.45) is 11.4. The molecular weight excluding hydrogens is 473 g/mol. The van der Waals surface area contributed by atoms with Gasteiger partial charge in [-0.15, -0.1) is 0 Å². The van der Waals surface area contributed by atoms with Crippen molar-refractivity contribution in [3.8, 4) is 0 Å². The second-order valence-electron chi connectivity index (χ2n) is 9.31. The predicted octanol–water partition coefficient (Wildman–Crippen LogP) is 7.86. The summed E-state index contributed by atoms with van der Waals surface area (Å²) in [4.78, 5) is 15.8. The van der Waals surface area contributed by atoms with Crippen LogP contribution in [-0.4, -0.2) is 42.3 Å². The molecule has 1 aromatic carbocycles. The van der Waals surface area contributed by atoms with Crippen LogP contribution in [0.4, 0.5) is 0 Å². The first kappa shape index (κ1) is 25.5. The van der Waals surface area contributed by atoms with Crippen LogP contribution in [0.25, 0.3) is 3.59 Å². The van der Waals surface area contributed by atoms with Crippen molar-refractivity contribution in [1.82, 2.24) is 4.90 Å². The molecule has 0 aliphatic carbocycles. The first-order valence-corrected chi connectivity index (χ1v) is 20.1. The van der Waals surface area contributed by atoms with Crippen molar-refractivity contribution in [1.29, 1.82) is 0 Å². The zero-order valence-electron chi connectivity index (χ0n) is 20.1. The molecule has 1 saturated heterocycles. The van der Waals surface area contributed by atoms with Crippen LogP contribution < -0.4 is 0 Å². The van der Waals surface area contributed by atoms with Crippen molar-refractivity contribution in [2.45, 2.75) is 98.8 Å². The Morgan fingerprint density at radius 3 is 1.80 bits per heavy atom. The van der Waals surface area contributed by atoms with E-state index in [0.29, 0.717) is 5.91 Å². The Morgan fingerprint density at radius 2 is 1.33 bits per heavy atom. The summed E-state index contributed by atoms with van der Waals surface area (Å²) in [5.41, 5.74) is 2.46. The van der Waals surface area contributed by atoms with Gasteiger partial charge in [-0.05, 0) is 0 Å². The molecule has 0 saturated carbocycles. The van der Waals surface area contributed by atoms with Gasteiger partial charge in [0.15, 0.2) is 0 Å². The summed E-state index contributed by atoms with van der Waals surface area (Å²) in [5, 5.41) is 0. The van der Waals surface area contributed by atoms with E-state index in [0.717, 1.165) is 31.5 Å². The number of carbonyl (C=O) groups excluding carboxylic acids is 1. The third-order valence-corrected chi connectivity index (χ3v) is 23.1. The van der Waals surface area contributed by atoms with Crippen molar-refractivity contribution in [2.75, 3.05) is 13.1 Å². The fourth-order valence-electron chi connectivity index (χ4n) is 5.26. The van der Waals surface area contributed by atoms with E-state index in [1.165, 1.54) is 63.8 Å². The van der Waals surface area contributed by atoms with Crippen molar-refractivity contribution < 1.29 is 4.79 Å². The van der Waals surface area contributed by atoms with E-state index in [1.54, 1.807) is 3.59 Å². The Hall–Kier alpha value is -0.771. The molecule has 0 bridgehead atoms. The second-order valence-corrected chi connectivity index (χ2v) is 22.3. The fourth-order valence-corrected chi connectivity index (χ4v) is 23.2. The van der Waals surface area contributed by atoms with Crippen molar-refractivity contribution >= 4 is 27.9 Å². The molecule has 0 unspecified atom stereocenters. The van der Waals surface area contributed by atoms with Gasteiger partial charge in [0.2, 0.25) is 0 Å². The summed E-state index contributed by atoms with van der Waals surface area (Å²) in [5.74, 6) is 0.333. The van der Waals surface area contributed by atoms with Crippen molar-refractivity contribution in [3.63, 3.8) is 0 Å². The van der Waals surface area contributed by atoms with Crippen molar-refractivity contribution in [2.24, 2.45) is 0 Å². The van der Waals surface area contributed by atoms with Gasteiger partial charge in [0.1, 0.15) is 0 Å². The molecule has 0 radical (unpaired) electrons. The summed E-state index contributed by atoms with van der Waals surface area (Å²) in [6.45, 7) is 11.0. The first-order valence-electron chi connectivity index (χ1n) is 12.7. The van der Waals surface area contributed by atoms with E-state index >= 15 is 0 Å². The Labute approximate surface area is 190 Å². The molecule has 1 fully saturated rings. The molecule has 0 spiro atoms. The SMILES string of the molecule is CCC[CH2][Sn]([CH2]CCC)([CH2]CCC)/[C](=C(\C)C(=O)N1CCCCC1)c1ccccc1. The van der Waals surface area contributed by atoms with E-state index in [4.69, 9.17) is 0 Å². The summed E-state index contributed by atoms with van der Waals surface area (Å²) >= 11 is -2.76. The second kappa shape index (κ2) is 13.6. The minimum absolute atomic E-state index is 0.333. The number of nitrogens with zero attached hydrogens (tertiary/aromatic N) is 1. The van der Waals surface area contributed by atoms with Crippen LogP contribution in [-0.2, 0) is 4.79 Å². The average molecular weight is 518 g/mol. The average Bonchev–Trinajstić information content (AvgIpc) is 2.80. The maximum atomic E-state index is 13.7. The maximum absolute atomic E-state index is 13.7. The number of likely N-dealkylation sites (tertiary alicyclic amines) is 1. The van der Waals surface area contributed by atoms with Crippen LogP contribution in [0.5, 0.6) is 0 Å². The predicted molar refractivity (Wildman–Crippen MR) is 134 cm³/mol. The minimum atomic E-state index is -2.76. The Bertz CT molecular complexity index is 639. The molecule has 2 rings (SSSR count). The van der Waals surface area contributed by atoms with E-state index in [9.17, 15) is 4.79 Å². The topological polar surface area (TPSA) is 20.3 Å². The monoisotopic (exact) mass is 519 g/mol. The fraction of sp³-hybridized carbons (Fsp3) is 0.667. The number of benzene rings is 1. The zero-order chi connectivity index (χ0) is 21.8. The number of carbonyl (C=O) groups is 1. The molecule has 1 heterocycles. The van der Waals surface area contributed by atoms with Crippen LogP contribution in [0.2, 0.25) is 13.3 Å². The van der Waals surface area contributed by atoms with Gasteiger partial charge in [-0.25, -0.2) is 0 Å². The zero-order valence-corrected chi connectivity index (χ0v) is 23.0. The Morgan fingerprint density at radius 1 is 0.833 bits per heavy atom. The summed E-state index contributed by atoms with van der Waals surface area (Å²) in [7, 11) is 0. The first-order chi connectivity index (χ1) is 14.6. The Kier molecular flexibility index (Phi) is 11.6. The van der Waals surface area contributed by atoms with Crippen LogP contribution in [0.1, 0.15) is 91.0 Å². The van der Waals surface area contributed by atoms with Gasteiger partial charge >= 0.3 is 191 Å². The quantitative estimate of drug-likeness (QED) is 0.204. The number of hydrogen-bond donors (Lipinski definition) is 0. The van der Waals surface area contributed by atoms with Gasteiger partial charge < -0.3 is 0 Å². The van der Waals surface area contributed by atoms with E-state index in [2.05, 4.69) is 62.9 Å². The number of piperidine rings is 1. The molecular formula is C27H45NOSn. The van der Waals surface area contributed by atoms with Gasteiger partial charge in [-0.1, -0.05) is 0 Å². The van der Waals surface area contributed by atoms with Gasteiger partial charge in [-0.3, -0.25) is 0 Å². The molecule has 0 N–H and O–H groups in total. The number of hydrogen-bond acceptors (Lipinski definition) is 1. The third-order valence-electron chi connectivity index (χ3n) is 6.96. The number of unbranched alkanes of at least 4 members (excludes halogenated alkanes) is 3. The summed E-state index contributed by atoms with van der Waals surface area (Å²) < 4.78 is 5.77. The Balaban J connectivity index is 2.60. The summed E-state index contributed by atoms with van der Waals surface area (Å²) in [6, 6.07) is 11.0. The molecule has 168 valence electrons. The third kappa shape index (κ3) is 6.87. The van der Waals surface area contributed by atoms with Crippen LogP contribution >= 0.6 is 0 Å². The van der Waals surface area contributed by atoms with Crippen molar-refractivity contribution in [3.05, 3.63) is 41.5 Å². The van der Waals surface area contributed by atoms with Crippen LogP contribution in [0.3, 0.4) is 0 Å². The van der Waals surface area contributed by atoms with Gasteiger partial charge in [-0.2, -0.15) is 0 Å². The standard InChI is InChI=1S/C15H18NO.3C4H9.Sn/c1-13(12-14-8-4-2-5-9-14)15(17)16-10-6-3-7-11-16;3*1-3-4-2;/h2,4-5,8-9H,3,6-7,10-11H2,1H3;3*1,3-4H2,2H3;. The number of rotatable bonds is 12. The molecule has 1 amide bonds. The normalized spacial score (nSPS) is 15.8. The van der Waals surface area contributed by atoms with Gasteiger partial charge in [0.05, 0.1) is 0 Å². The van der Waals surface area contributed by atoms with E-state index in [-0.39, 0.29) is 0 Å². The molecule has 1 aromatic rings. The molecule has 0 atom stereocenters. The van der Waals surface area contributed by atoms with Gasteiger partial charge in [0, 0.05) is 0 Å².